The zero-order chi connectivity index (χ0) is 14.2. The summed E-state index contributed by atoms with van der Waals surface area (Å²) in [6.45, 7) is 2.23. The Bertz CT molecular complexity index is 535. The third-order valence-corrected chi connectivity index (χ3v) is 3.38. The fraction of sp³-hybridized carbons (Fsp3) is 0.263. The molecule has 0 saturated heterocycles. The van der Waals surface area contributed by atoms with Gasteiger partial charge in [-0.25, -0.2) is 0 Å². The number of aryl methyl sites for hydroxylation is 1. The monoisotopic (exact) mass is 266 g/mol. The van der Waals surface area contributed by atoms with Gasteiger partial charge >= 0.3 is 0 Å². The Morgan fingerprint density at radius 1 is 0.850 bits per heavy atom. The molecule has 1 heteroatoms. The number of methoxy groups -OCH3 is 1. The van der Waals surface area contributed by atoms with Gasteiger partial charge in [0.05, 0.1) is 7.11 Å². The van der Waals surface area contributed by atoms with Gasteiger partial charge in [-0.2, -0.15) is 0 Å². The average molecular weight is 266 g/mol. The first kappa shape index (κ1) is 14.4. The summed E-state index contributed by atoms with van der Waals surface area (Å²) in [5.74, 6) is 0.891. The quantitative estimate of drug-likeness (QED) is 0.652. The molecule has 0 heterocycles. The molecule has 0 saturated carbocycles. The van der Waals surface area contributed by atoms with E-state index in [-0.39, 0.29) is 0 Å². The van der Waals surface area contributed by atoms with Gasteiger partial charge in [-0.15, -0.1) is 0 Å². The SMILES string of the molecule is CCCCc1ccc(/C=C/c2ccc(OC)cc2)cc1. The van der Waals surface area contributed by atoms with Crippen molar-refractivity contribution in [1.29, 1.82) is 0 Å². The summed E-state index contributed by atoms with van der Waals surface area (Å²) < 4.78 is 5.15. The van der Waals surface area contributed by atoms with Crippen LogP contribution in [0.5, 0.6) is 5.75 Å². The highest BCUT2D eigenvalue weighted by atomic mass is 16.5. The molecule has 20 heavy (non-hydrogen) atoms. The third-order valence-electron chi connectivity index (χ3n) is 3.38. The second kappa shape index (κ2) is 7.54. The molecule has 0 atom stereocenters. The Morgan fingerprint density at radius 2 is 1.40 bits per heavy atom. The molecule has 0 bridgehead atoms. The lowest BCUT2D eigenvalue weighted by Gasteiger charge is -2.01. The van der Waals surface area contributed by atoms with E-state index < -0.39 is 0 Å². The maximum atomic E-state index is 5.15. The highest BCUT2D eigenvalue weighted by Gasteiger charge is 1.93. The molecule has 104 valence electrons. The second-order valence-electron chi connectivity index (χ2n) is 4.95. The van der Waals surface area contributed by atoms with Crippen molar-refractivity contribution in [1.82, 2.24) is 0 Å². The predicted octanol–water partition coefficient (Wildman–Crippen LogP) is 5.21. The molecule has 0 fully saturated rings. The van der Waals surface area contributed by atoms with Gasteiger partial charge in [0.1, 0.15) is 5.75 Å². The van der Waals surface area contributed by atoms with E-state index in [0.29, 0.717) is 0 Å². The van der Waals surface area contributed by atoms with Gasteiger partial charge in [0.25, 0.3) is 0 Å². The van der Waals surface area contributed by atoms with Crippen LogP contribution in [0.1, 0.15) is 36.5 Å². The van der Waals surface area contributed by atoms with Crippen LogP contribution in [0, 0.1) is 0 Å². The van der Waals surface area contributed by atoms with Crippen molar-refractivity contribution in [2.24, 2.45) is 0 Å². The van der Waals surface area contributed by atoms with Gasteiger partial charge in [0, 0.05) is 0 Å². The Balaban J connectivity index is 1.99. The van der Waals surface area contributed by atoms with Crippen LogP contribution in [-0.4, -0.2) is 7.11 Å². The zero-order valence-electron chi connectivity index (χ0n) is 12.3. The zero-order valence-corrected chi connectivity index (χ0v) is 12.3. The summed E-state index contributed by atoms with van der Waals surface area (Å²) in [6, 6.07) is 16.9. The molecule has 2 aromatic carbocycles. The van der Waals surface area contributed by atoms with Crippen LogP contribution in [0.2, 0.25) is 0 Å². The highest BCUT2D eigenvalue weighted by Crippen LogP contribution is 2.14. The largest absolute Gasteiger partial charge is 0.497 e. The summed E-state index contributed by atoms with van der Waals surface area (Å²) >= 11 is 0. The van der Waals surface area contributed by atoms with Crippen LogP contribution in [0.4, 0.5) is 0 Å². The van der Waals surface area contributed by atoms with Crippen molar-refractivity contribution >= 4 is 12.2 Å². The second-order valence-corrected chi connectivity index (χ2v) is 4.95. The van der Waals surface area contributed by atoms with Crippen LogP contribution in [-0.2, 0) is 6.42 Å². The van der Waals surface area contributed by atoms with Crippen LogP contribution >= 0.6 is 0 Å². The van der Waals surface area contributed by atoms with Crippen LogP contribution in [0.15, 0.2) is 48.5 Å². The average Bonchev–Trinajstić information content (AvgIpc) is 2.52. The molecule has 0 unspecified atom stereocenters. The standard InChI is InChI=1S/C19H22O/c1-3-4-5-16-6-8-17(9-7-16)10-11-18-12-14-19(20-2)15-13-18/h6-15H,3-5H2,1-2H3/b11-10+. The summed E-state index contributed by atoms with van der Waals surface area (Å²) in [4.78, 5) is 0. The highest BCUT2D eigenvalue weighted by molar-refractivity contribution is 5.69. The smallest absolute Gasteiger partial charge is 0.118 e. The minimum absolute atomic E-state index is 0.891. The van der Waals surface area contributed by atoms with Crippen molar-refractivity contribution in [2.75, 3.05) is 7.11 Å². The van der Waals surface area contributed by atoms with Crippen LogP contribution < -0.4 is 4.74 Å². The van der Waals surface area contributed by atoms with E-state index in [1.165, 1.54) is 36.0 Å². The van der Waals surface area contributed by atoms with E-state index in [0.717, 1.165) is 5.75 Å². The van der Waals surface area contributed by atoms with Crippen LogP contribution in [0.3, 0.4) is 0 Å². The van der Waals surface area contributed by atoms with Crippen molar-refractivity contribution in [3.63, 3.8) is 0 Å². The van der Waals surface area contributed by atoms with Gasteiger partial charge in [0.15, 0.2) is 0 Å². The lowest BCUT2D eigenvalue weighted by atomic mass is 10.1. The Hall–Kier alpha value is -2.02. The predicted molar refractivity (Wildman–Crippen MR) is 87.0 cm³/mol. The van der Waals surface area contributed by atoms with Gasteiger partial charge in [0.2, 0.25) is 0 Å². The Kier molecular flexibility index (Phi) is 5.43. The number of rotatable bonds is 6. The maximum absolute atomic E-state index is 5.15. The summed E-state index contributed by atoms with van der Waals surface area (Å²) in [7, 11) is 1.69. The molecule has 0 N–H and O–H groups in total. The lowest BCUT2D eigenvalue weighted by Crippen LogP contribution is -1.84. The van der Waals surface area contributed by atoms with Gasteiger partial charge in [-0.1, -0.05) is 61.9 Å². The molecule has 0 radical (unpaired) electrons. The van der Waals surface area contributed by atoms with E-state index in [9.17, 15) is 0 Å². The van der Waals surface area contributed by atoms with Crippen LogP contribution in [0.25, 0.3) is 12.2 Å². The lowest BCUT2D eigenvalue weighted by molar-refractivity contribution is 0.415. The van der Waals surface area contributed by atoms with E-state index in [4.69, 9.17) is 4.74 Å². The third kappa shape index (κ3) is 4.27. The molecule has 0 aliphatic carbocycles. The van der Waals surface area contributed by atoms with E-state index in [1.54, 1.807) is 7.11 Å². The maximum Gasteiger partial charge on any atom is 0.118 e. The number of hydrogen-bond donors (Lipinski definition) is 0. The number of hydrogen-bond acceptors (Lipinski definition) is 1. The number of unbranched alkanes of at least 4 members (excludes halogenated alkanes) is 1. The van der Waals surface area contributed by atoms with Crippen molar-refractivity contribution in [3.05, 3.63) is 65.2 Å². The molecule has 0 aromatic heterocycles. The van der Waals surface area contributed by atoms with Crippen molar-refractivity contribution in [2.45, 2.75) is 26.2 Å². The first-order valence-electron chi connectivity index (χ1n) is 7.23. The van der Waals surface area contributed by atoms with E-state index in [1.807, 2.05) is 12.1 Å². The molecule has 2 aromatic rings. The fourth-order valence-corrected chi connectivity index (χ4v) is 2.08. The number of benzene rings is 2. The van der Waals surface area contributed by atoms with Crippen molar-refractivity contribution < 1.29 is 4.74 Å². The molecular formula is C19H22O. The summed E-state index contributed by atoms with van der Waals surface area (Å²) in [6.07, 6.45) is 7.96. The molecular weight excluding hydrogens is 244 g/mol. The molecule has 0 spiro atoms. The van der Waals surface area contributed by atoms with E-state index >= 15 is 0 Å². The minimum Gasteiger partial charge on any atom is -0.497 e. The molecule has 0 aliphatic heterocycles. The first-order chi connectivity index (χ1) is 9.81. The first-order valence-corrected chi connectivity index (χ1v) is 7.23. The summed E-state index contributed by atoms with van der Waals surface area (Å²) in [5, 5.41) is 0. The van der Waals surface area contributed by atoms with E-state index in [2.05, 4.69) is 55.5 Å². The Labute approximate surface area is 121 Å². The topological polar surface area (TPSA) is 9.23 Å². The molecule has 2 rings (SSSR count). The minimum atomic E-state index is 0.891. The van der Waals surface area contributed by atoms with Crippen molar-refractivity contribution in [3.8, 4) is 5.75 Å². The molecule has 0 aliphatic rings. The number of ether oxygens (including phenoxy) is 1. The van der Waals surface area contributed by atoms with Gasteiger partial charge in [-0.3, -0.25) is 0 Å². The van der Waals surface area contributed by atoms with Gasteiger partial charge in [-0.05, 0) is 41.7 Å². The molecule has 1 nitrogen and oxygen atoms in total. The summed E-state index contributed by atoms with van der Waals surface area (Å²) in [5.41, 5.74) is 3.84. The van der Waals surface area contributed by atoms with Gasteiger partial charge < -0.3 is 4.74 Å². The Morgan fingerprint density at radius 3 is 1.90 bits per heavy atom. The fourth-order valence-electron chi connectivity index (χ4n) is 2.08. The molecule has 0 amide bonds. The normalized spacial score (nSPS) is 10.9.